The quantitative estimate of drug-likeness (QED) is 0.529. The highest BCUT2D eigenvalue weighted by atomic mass is 16.5. The molecular weight excluding hydrogens is 378 g/mol. The summed E-state index contributed by atoms with van der Waals surface area (Å²) in [5.74, 6) is 1.51. The largest absolute Gasteiger partial charge is 0.438 e. The Labute approximate surface area is 174 Å². The maximum absolute atomic E-state index is 12.4. The van der Waals surface area contributed by atoms with E-state index in [1.54, 1.807) is 42.7 Å². The number of aromatic nitrogens is 4. The van der Waals surface area contributed by atoms with Gasteiger partial charge in [-0.2, -0.15) is 0 Å². The number of imidazole rings is 1. The van der Waals surface area contributed by atoms with E-state index in [2.05, 4.69) is 20.5 Å². The third-order valence-electron chi connectivity index (χ3n) is 4.85. The number of rotatable bonds is 5. The van der Waals surface area contributed by atoms with Crippen LogP contribution in [0.1, 0.15) is 27.3 Å². The molecule has 7 heteroatoms. The zero-order valence-electron chi connectivity index (χ0n) is 17.0. The minimum Gasteiger partial charge on any atom is -0.438 e. The molecule has 0 aliphatic carbocycles. The van der Waals surface area contributed by atoms with Crippen molar-refractivity contribution in [1.82, 2.24) is 19.7 Å². The van der Waals surface area contributed by atoms with E-state index in [1.807, 2.05) is 49.6 Å². The Morgan fingerprint density at radius 1 is 0.933 bits per heavy atom. The predicted molar refractivity (Wildman–Crippen MR) is 114 cm³/mol. The van der Waals surface area contributed by atoms with Crippen LogP contribution in [0.3, 0.4) is 0 Å². The number of hydrogen-bond acceptors (Lipinski definition) is 5. The van der Waals surface area contributed by atoms with Crippen molar-refractivity contribution in [2.24, 2.45) is 0 Å². The van der Waals surface area contributed by atoms with E-state index in [-0.39, 0.29) is 5.91 Å². The number of carbonyl (C=O) groups excluding carboxylic acids is 1. The van der Waals surface area contributed by atoms with Gasteiger partial charge in [-0.1, -0.05) is 18.2 Å². The molecule has 0 atom stereocenters. The summed E-state index contributed by atoms with van der Waals surface area (Å²) in [5.41, 5.74) is 4.23. The number of ether oxygens (including phenoxy) is 1. The Hall–Kier alpha value is -4.00. The molecule has 0 aliphatic heterocycles. The number of benzene rings is 2. The molecule has 0 aliphatic rings. The first kappa shape index (κ1) is 19.3. The van der Waals surface area contributed by atoms with Crippen molar-refractivity contribution in [3.05, 3.63) is 89.5 Å². The number of anilines is 1. The lowest BCUT2D eigenvalue weighted by molar-refractivity contribution is 0.102. The Bertz CT molecular complexity index is 1180. The summed E-state index contributed by atoms with van der Waals surface area (Å²) in [5, 5.41) is 11.2. The lowest BCUT2D eigenvalue weighted by atomic mass is 10.1. The standard InChI is InChI=1S/C23H21N5O2/c1-15-6-4-5-7-20(15)23(29)25-18-8-10-19(11-9-18)30-22-13-12-21(26-27-22)28-14-24-16(2)17(28)3/h4-14H,1-3H3,(H,25,29). The highest BCUT2D eigenvalue weighted by Crippen LogP contribution is 2.22. The van der Waals surface area contributed by atoms with Crippen molar-refractivity contribution in [2.75, 3.05) is 5.32 Å². The lowest BCUT2D eigenvalue weighted by Crippen LogP contribution is -2.13. The van der Waals surface area contributed by atoms with Gasteiger partial charge in [0.1, 0.15) is 12.1 Å². The Balaban J connectivity index is 1.42. The third kappa shape index (κ3) is 4.05. The molecule has 4 rings (SSSR count). The van der Waals surface area contributed by atoms with E-state index in [0.717, 1.165) is 17.0 Å². The molecule has 0 saturated carbocycles. The van der Waals surface area contributed by atoms with Crippen LogP contribution in [0.25, 0.3) is 5.82 Å². The summed E-state index contributed by atoms with van der Waals surface area (Å²) in [4.78, 5) is 16.7. The van der Waals surface area contributed by atoms with Gasteiger partial charge in [0.25, 0.3) is 5.91 Å². The molecule has 0 radical (unpaired) electrons. The number of amides is 1. The summed E-state index contributed by atoms with van der Waals surface area (Å²) in [7, 11) is 0. The van der Waals surface area contributed by atoms with Gasteiger partial charge in [0.15, 0.2) is 5.82 Å². The van der Waals surface area contributed by atoms with Crippen molar-refractivity contribution in [1.29, 1.82) is 0 Å². The highest BCUT2D eigenvalue weighted by molar-refractivity contribution is 6.05. The number of nitrogens with zero attached hydrogens (tertiary/aromatic N) is 4. The van der Waals surface area contributed by atoms with Gasteiger partial charge in [-0.25, -0.2) is 4.98 Å². The van der Waals surface area contributed by atoms with Crippen molar-refractivity contribution in [3.63, 3.8) is 0 Å². The van der Waals surface area contributed by atoms with E-state index >= 15 is 0 Å². The molecule has 2 aromatic carbocycles. The second-order valence-electron chi connectivity index (χ2n) is 6.91. The van der Waals surface area contributed by atoms with Crippen molar-refractivity contribution in [3.8, 4) is 17.4 Å². The van der Waals surface area contributed by atoms with Crippen LogP contribution in [0, 0.1) is 20.8 Å². The summed E-state index contributed by atoms with van der Waals surface area (Å²) in [6, 6.07) is 18.2. The molecule has 30 heavy (non-hydrogen) atoms. The zero-order chi connectivity index (χ0) is 21.1. The van der Waals surface area contributed by atoms with Crippen molar-refractivity contribution < 1.29 is 9.53 Å². The first-order valence-corrected chi connectivity index (χ1v) is 9.51. The second kappa shape index (κ2) is 8.16. The Morgan fingerprint density at radius 2 is 1.70 bits per heavy atom. The van der Waals surface area contributed by atoms with E-state index in [4.69, 9.17) is 4.74 Å². The normalized spacial score (nSPS) is 10.6. The maximum atomic E-state index is 12.4. The molecule has 1 N–H and O–H groups in total. The number of carbonyl (C=O) groups is 1. The van der Waals surface area contributed by atoms with Crippen LogP contribution in [-0.2, 0) is 0 Å². The zero-order valence-corrected chi connectivity index (χ0v) is 17.0. The van der Waals surface area contributed by atoms with Gasteiger partial charge in [0.05, 0.1) is 5.69 Å². The molecule has 7 nitrogen and oxygen atoms in total. The van der Waals surface area contributed by atoms with Crippen molar-refractivity contribution >= 4 is 11.6 Å². The van der Waals surface area contributed by atoms with Gasteiger partial charge in [0.2, 0.25) is 5.88 Å². The molecule has 0 fully saturated rings. The van der Waals surface area contributed by atoms with Crippen molar-refractivity contribution in [2.45, 2.75) is 20.8 Å². The van der Waals surface area contributed by atoms with Gasteiger partial charge >= 0.3 is 0 Å². The van der Waals surface area contributed by atoms with E-state index in [0.29, 0.717) is 28.7 Å². The average Bonchev–Trinajstić information content (AvgIpc) is 3.09. The SMILES string of the molecule is Cc1ccccc1C(=O)Nc1ccc(Oc2ccc(-n3cnc(C)c3C)nn2)cc1. The highest BCUT2D eigenvalue weighted by Gasteiger charge is 2.09. The topological polar surface area (TPSA) is 81.9 Å². The van der Waals surface area contributed by atoms with Crippen LogP contribution in [-0.4, -0.2) is 25.7 Å². The van der Waals surface area contributed by atoms with Crippen LogP contribution in [0.2, 0.25) is 0 Å². The molecule has 2 aromatic heterocycles. The first-order valence-electron chi connectivity index (χ1n) is 9.51. The molecule has 0 spiro atoms. The number of nitrogens with one attached hydrogen (secondary N) is 1. The van der Waals surface area contributed by atoms with Crippen LogP contribution in [0.4, 0.5) is 5.69 Å². The molecule has 0 bridgehead atoms. The minimum atomic E-state index is -0.145. The van der Waals surface area contributed by atoms with E-state index in [9.17, 15) is 4.79 Å². The van der Waals surface area contributed by atoms with Crippen LogP contribution in [0.5, 0.6) is 11.6 Å². The number of hydrogen-bond donors (Lipinski definition) is 1. The fourth-order valence-electron chi connectivity index (χ4n) is 2.98. The first-order chi connectivity index (χ1) is 14.5. The van der Waals surface area contributed by atoms with Gasteiger partial charge in [-0.05, 0) is 62.7 Å². The van der Waals surface area contributed by atoms with E-state index < -0.39 is 0 Å². The smallest absolute Gasteiger partial charge is 0.255 e. The van der Waals surface area contributed by atoms with Gasteiger partial charge in [-0.3, -0.25) is 9.36 Å². The second-order valence-corrected chi connectivity index (χ2v) is 6.91. The third-order valence-corrected chi connectivity index (χ3v) is 4.85. The van der Waals surface area contributed by atoms with Gasteiger partial charge in [0, 0.05) is 23.0 Å². The molecule has 2 heterocycles. The number of aryl methyl sites for hydroxylation is 2. The monoisotopic (exact) mass is 399 g/mol. The van der Waals surface area contributed by atoms with Gasteiger partial charge < -0.3 is 10.1 Å². The van der Waals surface area contributed by atoms with Crippen LogP contribution in [0.15, 0.2) is 67.0 Å². The lowest BCUT2D eigenvalue weighted by Gasteiger charge is -2.09. The fraction of sp³-hybridized carbons (Fsp3) is 0.130. The fourth-order valence-corrected chi connectivity index (χ4v) is 2.98. The molecule has 0 unspecified atom stereocenters. The summed E-state index contributed by atoms with van der Waals surface area (Å²) in [6.45, 7) is 5.84. The average molecular weight is 399 g/mol. The predicted octanol–water partition coefficient (Wildman–Crippen LogP) is 4.63. The minimum absolute atomic E-state index is 0.145. The molecule has 0 saturated heterocycles. The molecule has 4 aromatic rings. The van der Waals surface area contributed by atoms with Crippen LogP contribution < -0.4 is 10.1 Å². The Kier molecular flexibility index (Phi) is 5.26. The molecule has 1 amide bonds. The summed E-state index contributed by atoms with van der Waals surface area (Å²) in [6.07, 6.45) is 1.72. The van der Waals surface area contributed by atoms with Crippen LogP contribution >= 0.6 is 0 Å². The molecular formula is C23H21N5O2. The summed E-state index contributed by atoms with van der Waals surface area (Å²) >= 11 is 0. The molecule has 150 valence electrons. The maximum Gasteiger partial charge on any atom is 0.255 e. The summed E-state index contributed by atoms with van der Waals surface area (Å²) < 4.78 is 7.63. The van der Waals surface area contributed by atoms with E-state index in [1.165, 1.54) is 0 Å². The Morgan fingerprint density at radius 3 is 2.33 bits per heavy atom. The van der Waals surface area contributed by atoms with Gasteiger partial charge in [-0.15, -0.1) is 10.2 Å².